The topological polar surface area (TPSA) is 74.8 Å². The first-order valence-electron chi connectivity index (χ1n) is 4.96. The third-order valence-corrected chi connectivity index (χ3v) is 2.39. The molecule has 5 nitrogen and oxygen atoms in total. The number of aromatic hydroxyl groups is 1. The largest absolute Gasteiger partial charge is 0.494 e. The fraction of sp³-hybridized carbons (Fsp3) is 0.273. The van der Waals surface area contributed by atoms with E-state index in [1.165, 1.54) is 10.5 Å². The highest BCUT2D eigenvalue weighted by Gasteiger charge is 2.19. The van der Waals surface area contributed by atoms with Gasteiger partial charge in [0.15, 0.2) is 11.6 Å². The zero-order chi connectivity index (χ0) is 11.9. The maximum absolute atomic E-state index is 11.0. The van der Waals surface area contributed by atoms with Crippen molar-refractivity contribution in [3.05, 3.63) is 29.7 Å². The number of nitrogens with zero attached hydrogens (tertiary/aromatic N) is 2. The molecule has 0 aliphatic rings. The zero-order valence-electron chi connectivity index (χ0n) is 9.01. The molecule has 0 saturated carbocycles. The van der Waals surface area contributed by atoms with Crippen LogP contribution in [0.4, 0.5) is 0 Å². The van der Waals surface area contributed by atoms with Gasteiger partial charge < -0.3 is 10.2 Å². The molecule has 0 spiro atoms. The molecule has 5 heteroatoms. The first-order chi connectivity index (χ1) is 7.52. The second-order valence-corrected chi connectivity index (χ2v) is 3.88. The van der Waals surface area contributed by atoms with Gasteiger partial charge in [0, 0.05) is 5.92 Å². The van der Waals surface area contributed by atoms with Crippen LogP contribution < -0.4 is 0 Å². The van der Waals surface area contributed by atoms with Gasteiger partial charge in [-0.05, 0) is 12.1 Å². The van der Waals surface area contributed by atoms with E-state index in [0.717, 1.165) is 0 Å². The van der Waals surface area contributed by atoms with Gasteiger partial charge in [-0.25, -0.2) is 9.78 Å². The number of pyridine rings is 1. The molecule has 0 saturated heterocycles. The lowest BCUT2D eigenvalue weighted by Gasteiger charge is -2.05. The Labute approximate surface area is 92.0 Å². The third kappa shape index (κ3) is 1.41. The van der Waals surface area contributed by atoms with Crippen molar-refractivity contribution in [1.29, 1.82) is 0 Å². The average molecular weight is 220 g/mol. The normalized spacial score (nSPS) is 11.2. The Bertz CT molecular complexity index is 558. The molecule has 84 valence electrons. The summed E-state index contributed by atoms with van der Waals surface area (Å²) in [5.74, 6) is -0.504. The van der Waals surface area contributed by atoms with Gasteiger partial charge in [0.1, 0.15) is 5.82 Å². The molecule has 0 unspecified atom stereocenters. The molecule has 0 bridgehead atoms. The van der Waals surface area contributed by atoms with E-state index in [9.17, 15) is 9.90 Å². The smallest absolute Gasteiger partial charge is 0.356 e. The van der Waals surface area contributed by atoms with E-state index in [2.05, 4.69) is 4.98 Å². The predicted octanol–water partition coefficient (Wildman–Crippen LogP) is 1.86. The number of rotatable bonds is 2. The Morgan fingerprint density at radius 2 is 2.12 bits per heavy atom. The number of hydrogen-bond donors (Lipinski definition) is 2. The van der Waals surface area contributed by atoms with E-state index in [4.69, 9.17) is 5.11 Å². The van der Waals surface area contributed by atoms with Crippen molar-refractivity contribution < 1.29 is 15.0 Å². The maximum atomic E-state index is 11.0. The van der Waals surface area contributed by atoms with Crippen molar-refractivity contribution in [3.8, 4) is 5.88 Å². The SMILES string of the molecule is CC(C)c1nc(C(=O)O)c2cccc(O)n12. The summed E-state index contributed by atoms with van der Waals surface area (Å²) in [6.07, 6.45) is 0. The highest BCUT2D eigenvalue weighted by Crippen LogP contribution is 2.24. The summed E-state index contributed by atoms with van der Waals surface area (Å²) in [5.41, 5.74) is 0.385. The van der Waals surface area contributed by atoms with Gasteiger partial charge >= 0.3 is 5.97 Å². The van der Waals surface area contributed by atoms with Gasteiger partial charge in [-0.15, -0.1) is 0 Å². The standard InChI is InChI=1S/C11H12N2O3/c1-6(2)10-12-9(11(15)16)7-4-3-5-8(14)13(7)10/h3-6,14H,1-2H3,(H,15,16). The second kappa shape index (κ2) is 3.52. The summed E-state index contributed by atoms with van der Waals surface area (Å²) in [7, 11) is 0. The van der Waals surface area contributed by atoms with Crippen LogP contribution in [-0.4, -0.2) is 25.6 Å². The summed E-state index contributed by atoms with van der Waals surface area (Å²) < 4.78 is 1.47. The minimum absolute atomic E-state index is 0.00111. The first kappa shape index (κ1) is 10.5. The number of imidazole rings is 1. The van der Waals surface area contributed by atoms with Gasteiger partial charge in [-0.1, -0.05) is 19.9 Å². The molecule has 0 aliphatic heterocycles. The summed E-state index contributed by atoms with van der Waals surface area (Å²) in [6.45, 7) is 3.79. The molecule has 0 fully saturated rings. The highest BCUT2D eigenvalue weighted by atomic mass is 16.4. The van der Waals surface area contributed by atoms with Crippen LogP contribution in [0.25, 0.3) is 5.52 Å². The van der Waals surface area contributed by atoms with Crippen LogP contribution in [0.3, 0.4) is 0 Å². The van der Waals surface area contributed by atoms with Crippen molar-refractivity contribution in [2.24, 2.45) is 0 Å². The molecule has 0 aromatic carbocycles. The average Bonchev–Trinajstić information content (AvgIpc) is 2.58. The van der Waals surface area contributed by atoms with Gasteiger partial charge in [0.25, 0.3) is 0 Å². The Morgan fingerprint density at radius 1 is 1.44 bits per heavy atom. The van der Waals surface area contributed by atoms with Crippen LogP contribution in [-0.2, 0) is 0 Å². The summed E-state index contributed by atoms with van der Waals surface area (Å²) in [4.78, 5) is 15.1. The molecule has 2 aromatic rings. The number of carboxylic acid groups (broad SMARTS) is 1. The van der Waals surface area contributed by atoms with Crippen LogP contribution in [0.15, 0.2) is 18.2 Å². The lowest BCUT2D eigenvalue weighted by molar-refractivity contribution is 0.0693. The van der Waals surface area contributed by atoms with E-state index in [1.54, 1.807) is 12.1 Å². The fourth-order valence-corrected chi connectivity index (χ4v) is 1.69. The number of aromatic carboxylic acids is 1. The van der Waals surface area contributed by atoms with E-state index < -0.39 is 5.97 Å². The second-order valence-electron chi connectivity index (χ2n) is 3.88. The quantitative estimate of drug-likeness (QED) is 0.810. The van der Waals surface area contributed by atoms with Crippen LogP contribution in [0.5, 0.6) is 5.88 Å². The minimum atomic E-state index is -1.09. The molecule has 0 amide bonds. The fourth-order valence-electron chi connectivity index (χ4n) is 1.69. The van der Waals surface area contributed by atoms with Crippen molar-refractivity contribution >= 4 is 11.5 Å². The lowest BCUT2D eigenvalue weighted by atomic mass is 10.2. The van der Waals surface area contributed by atoms with E-state index >= 15 is 0 Å². The Balaban J connectivity index is 2.87. The number of hydrogen-bond acceptors (Lipinski definition) is 3. The van der Waals surface area contributed by atoms with Crippen molar-refractivity contribution in [2.45, 2.75) is 19.8 Å². The minimum Gasteiger partial charge on any atom is -0.494 e. The van der Waals surface area contributed by atoms with Crippen molar-refractivity contribution in [1.82, 2.24) is 9.38 Å². The van der Waals surface area contributed by atoms with Crippen LogP contribution in [0, 0.1) is 0 Å². The molecule has 0 atom stereocenters. The number of carboxylic acids is 1. The van der Waals surface area contributed by atoms with E-state index in [0.29, 0.717) is 11.3 Å². The maximum Gasteiger partial charge on any atom is 0.356 e. The zero-order valence-corrected chi connectivity index (χ0v) is 9.01. The molecule has 0 aliphatic carbocycles. The molecule has 2 rings (SSSR count). The summed E-state index contributed by atoms with van der Waals surface area (Å²) >= 11 is 0. The van der Waals surface area contributed by atoms with E-state index in [-0.39, 0.29) is 17.5 Å². The number of fused-ring (bicyclic) bond motifs is 1. The third-order valence-electron chi connectivity index (χ3n) is 2.39. The summed E-state index contributed by atoms with van der Waals surface area (Å²) in [6, 6.07) is 4.73. The number of carbonyl (C=O) groups is 1. The van der Waals surface area contributed by atoms with Gasteiger partial charge in [0.2, 0.25) is 0 Å². The molecule has 0 radical (unpaired) electrons. The van der Waals surface area contributed by atoms with Crippen LogP contribution in [0.2, 0.25) is 0 Å². The molecule has 2 heterocycles. The van der Waals surface area contributed by atoms with E-state index in [1.807, 2.05) is 13.8 Å². The van der Waals surface area contributed by atoms with Gasteiger partial charge in [-0.2, -0.15) is 0 Å². The summed E-state index contributed by atoms with van der Waals surface area (Å²) in [5, 5.41) is 18.7. The molecular formula is C11H12N2O3. The number of aromatic nitrogens is 2. The molecular weight excluding hydrogens is 208 g/mol. The monoisotopic (exact) mass is 220 g/mol. The Morgan fingerprint density at radius 3 is 2.69 bits per heavy atom. The van der Waals surface area contributed by atoms with Gasteiger partial charge in [-0.3, -0.25) is 4.40 Å². The van der Waals surface area contributed by atoms with Crippen molar-refractivity contribution in [2.75, 3.05) is 0 Å². The first-order valence-corrected chi connectivity index (χ1v) is 4.96. The predicted molar refractivity (Wildman–Crippen MR) is 57.9 cm³/mol. The van der Waals surface area contributed by atoms with Crippen molar-refractivity contribution in [3.63, 3.8) is 0 Å². The molecule has 2 N–H and O–H groups in total. The lowest BCUT2D eigenvalue weighted by Crippen LogP contribution is -1.98. The molecule has 2 aromatic heterocycles. The highest BCUT2D eigenvalue weighted by molar-refractivity contribution is 5.93. The van der Waals surface area contributed by atoms with Gasteiger partial charge in [0.05, 0.1) is 5.52 Å². The van der Waals surface area contributed by atoms with Crippen LogP contribution >= 0.6 is 0 Å². The molecule has 16 heavy (non-hydrogen) atoms. The Kier molecular flexibility index (Phi) is 2.30. The Hall–Kier alpha value is -2.04. The van der Waals surface area contributed by atoms with Crippen LogP contribution in [0.1, 0.15) is 36.1 Å².